The SMILES string of the molecule is CCOC(=O)c1ccc(NC(=O)CN(C)C2CCCN(c3c(F)cc4c(=O)c(C(=O)O)cn(C5CC5)c4c3OC)C2)cc1O. The molecular weight excluding hydrogens is 575 g/mol. The third-order valence-corrected chi connectivity index (χ3v) is 8.08. The van der Waals surface area contributed by atoms with Crippen LogP contribution in [0.4, 0.5) is 15.8 Å². The fourth-order valence-electron chi connectivity index (χ4n) is 5.79. The minimum absolute atomic E-state index is 0.00271. The quantitative estimate of drug-likeness (QED) is 0.291. The number of pyridine rings is 1. The molecule has 2 aliphatic rings. The van der Waals surface area contributed by atoms with Gasteiger partial charge in [-0.15, -0.1) is 0 Å². The van der Waals surface area contributed by atoms with Crippen LogP contribution in [0.25, 0.3) is 10.9 Å². The fourth-order valence-corrected chi connectivity index (χ4v) is 5.79. The van der Waals surface area contributed by atoms with E-state index in [1.165, 1.54) is 31.5 Å². The maximum atomic E-state index is 15.8. The number of piperidine rings is 1. The van der Waals surface area contributed by atoms with E-state index >= 15 is 4.39 Å². The minimum atomic E-state index is -1.37. The van der Waals surface area contributed by atoms with Gasteiger partial charge in [0.2, 0.25) is 11.3 Å². The van der Waals surface area contributed by atoms with Crippen LogP contribution in [0.5, 0.6) is 11.5 Å². The van der Waals surface area contributed by atoms with E-state index in [4.69, 9.17) is 9.47 Å². The minimum Gasteiger partial charge on any atom is -0.507 e. The number of carboxylic acid groups (broad SMARTS) is 1. The van der Waals surface area contributed by atoms with Crippen LogP contribution in [-0.2, 0) is 9.53 Å². The summed E-state index contributed by atoms with van der Waals surface area (Å²) in [6, 6.07) is 5.12. The molecule has 12 nitrogen and oxygen atoms in total. The van der Waals surface area contributed by atoms with Crippen LogP contribution < -0.4 is 20.4 Å². The highest BCUT2D eigenvalue weighted by Gasteiger charge is 2.33. The molecule has 2 heterocycles. The van der Waals surface area contributed by atoms with Crippen LogP contribution in [0.3, 0.4) is 0 Å². The van der Waals surface area contributed by atoms with Crippen molar-refractivity contribution in [3.05, 3.63) is 57.6 Å². The predicted molar refractivity (Wildman–Crippen MR) is 161 cm³/mol. The summed E-state index contributed by atoms with van der Waals surface area (Å²) in [5.74, 6) is -3.20. The molecule has 1 aromatic heterocycles. The lowest BCUT2D eigenvalue weighted by Gasteiger charge is -2.39. The molecule has 1 unspecified atom stereocenters. The molecule has 3 N–H and O–H groups in total. The first-order valence-corrected chi connectivity index (χ1v) is 14.5. The summed E-state index contributed by atoms with van der Waals surface area (Å²) in [4.78, 5) is 53.3. The van der Waals surface area contributed by atoms with E-state index in [0.29, 0.717) is 30.7 Å². The van der Waals surface area contributed by atoms with Gasteiger partial charge < -0.3 is 34.5 Å². The van der Waals surface area contributed by atoms with E-state index in [-0.39, 0.29) is 59.3 Å². The Hall–Kier alpha value is -4.65. The van der Waals surface area contributed by atoms with Gasteiger partial charge in [-0.2, -0.15) is 0 Å². The normalized spacial score (nSPS) is 16.7. The van der Waals surface area contributed by atoms with E-state index in [1.807, 2.05) is 9.80 Å². The largest absolute Gasteiger partial charge is 0.507 e. The molecule has 5 rings (SSSR count). The molecule has 2 aromatic carbocycles. The second kappa shape index (κ2) is 12.5. The third-order valence-electron chi connectivity index (χ3n) is 8.08. The number of aromatic nitrogens is 1. The zero-order chi connectivity index (χ0) is 31.7. The number of fused-ring (bicyclic) bond motifs is 1. The summed E-state index contributed by atoms with van der Waals surface area (Å²) in [5.41, 5.74) is -0.307. The van der Waals surface area contributed by atoms with Gasteiger partial charge in [-0.1, -0.05) is 0 Å². The van der Waals surface area contributed by atoms with Gasteiger partial charge in [0.1, 0.15) is 22.6 Å². The number of nitrogens with one attached hydrogen (secondary N) is 1. The number of carbonyl (C=O) groups is 3. The zero-order valence-electron chi connectivity index (χ0n) is 24.8. The van der Waals surface area contributed by atoms with Crippen molar-refractivity contribution in [3.63, 3.8) is 0 Å². The van der Waals surface area contributed by atoms with Gasteiger partial charge >= 0.3 is 11.9 Å². The van der Waals surface area contributed by atoms with Crippen LogP contribution in [0.1, 0.15) is 59.4 Å². The van der Waals surface area contributed by atoms with Crippen molar-refractivity contribution in [2.24, 2.45) is 0 Å². The number of amides is 1. The van der Waals surface area contributed by atoms with Crippen LogP contribution in [0.15, 0.2) is 35.3 Å². The number of likely N-dealkylation sites (N-methyl/N-ethyl adjacent to an activating group) is 1. The van der Waals surface area contributed by atoms with Crippen molar-refractivity contribution < 1.29 is 38.5 Å². The fraction of sp³-hybridized carbons (Fsp3) is 0.419. The highest BCUT2D eigenvalue weighted by atomic mass is 19.1. The molecule has 0 spiro atoms. The number of esters is 1. The van der Waals surface area contributed by atoms with Gasteiger partial charge in [-0.25, -0.2) is 14.0 Å². The number of hydrogen-bond acceptors (Lipinski definition) is 9. The summed E-state index contributed by atoms with van der Waals surface area (Å²) in [5, 5.41) is 22.5. The van der Waals surface area contributed by atoms with E-state index in [0.717, 1.165) is 25.3 Å². The standard InChI is InChI=1S/C31H35FN4O8/c1-4-44-31(42)20-10-7-17(12-24(20)37)33-25(38)16-34(2)19-6-5-11-35(14-19)27-23(32)13-21-26(29(27)43-3)36(18-8-9-18)15-22(28(21)39)30(40)41/h7,10,12-13,15,18-19,37H,4-6,8-9,11,14,16H2,1-3H3,(H,33,38)(H,40,41). The Balaban J connectivity index is 1.35. The lowest BCUT2D eigenvalue weighted by atomic mass is 10.0. The Bertz CT molecular complexity index is 1690. The molecule has 2 fully saturated rings. The number of carboxylic acids is 1. The number of phenols is 1. The summed E-state index contributed by atoms with van der Waals surface area (Å²) >= 11 is 0. The molecule has 1 aliphatic heterocycles. The van der Waals surface area contributed by atoms with E-state index < -0.39 is 28.7 Å². The number of aromatic hydroxyl groups is 1. The number of phenolic OH excluding ortho intramolecular Hbond substituents is 1. The van der Waals surface area contributed by atoms with Crippen molar-refractivity contribution in [2.45, 2.75) is 44.7 Å². The van der Waals surface area contributed by atoms with E-state index in [1.54, 1.807) is 18.5 Å². The Morgan fingerprint density at radius 3 is 2.55 bits per heavy atom. The number of rotatable bonds is 10. The summed E-state index contributed by atoms with van der Waals surface area (Å²) < 4.78 is 28.2. The second-order valence-electron chi connectivity index (χ2n) is 11.1. The molecule has 44 heavy (non-hydrogen) atoms. The lowest BCUT2D eigenvalue weighted by molar-refractivity contribution is -0.117. The number of hydrogen-bond donors (Lipinski definition) is 3. The smallest absolute Gasteiger partial charge is 0.341 e. The number of halogens is 1. The number of ether oxygens (including phenoxy) is 2. The molecule has 1 saturated heterocycles. The molecule has 1 saturated carbocycles. The third kappa shape index (κ3) is 6.05. The van der Waals surface area contributed by atoms with Crippen molar-refractivity contribution >= 4 is 40.1 Å². The molecule has 0 bridgehead atoms. The average molecular weight is 611 g/mol. The van der Waals surface area contributed by atoms with Crippen molar-refractivity contribution in [2.75, 3.05) is 50.6 Å². The zero-order valence-corrected chi connectivity index (χ0v) is 24.8. The first kappa shape index (κ1) is 30.8. The van der Waals surface area contributed by atoms with Gasteiger partial charge in [-0.3, -0.25) is 14.5 Å². The van der Waals surface area contributed by atoms with E-state index in [9.17, 15) is 29.4 Å². The van der Waals surface area contributed by atoms with Gasteiger partial charge in [0, 0.05) is 43.1 Å². The van der Waals surface area contributed by atoms with Gasteiger partial charge in [-0.05, 0) is 57.9 Å². The average Bonchev–Trinajstić information content (AvgIpc) is 3.82. The Labute approximate surface area is 252 Å². The van der Waals surface area contributed by atoms with E-state index in [2.05, 4.69) is 5.32 Å². The molecule has 1 amide bonds. The molecule has 1 aliphatic carbocycles. The highest BCUT2D eigenvalue weighted by molar-refractivity contribution is 5.97. The van der Waals surface area contributed by atoms with Crippen LogP contribution >= 0.6 is 0 Å². The second-order valence-corrected chi connectivity index (χ2v) is 11.1. The number of anilines is 2. The number of nitrogens with zero attached hydrogens (tertiary/aromatic N) is 3. The molecule has 234 valence electrons. The molecule has 1 atom stereocenters. The Kier molecular flexibility index (Phi) is 8.77. The topological polar surface area (TPSA) is 151 Å². The number of aromatic carboxylic acids is 1. The van der Waals surface area contributed by atoms with Gasteiger partial charge in [0.15, 0.2) is 11.6 Å². The monoisotopic (exact) mass is 610 g/mol. The van der Waals surface area contributed by atoms with Crippen LogP contribution in [0.2, 0.25) is 0 Å². The maximum absolute atomic E-state index is 15.8. The molecule has 3 aromatic rings. The molecule has 0 radical (unpaired) electrons. The molecular formula is C31H35FN4O8. The molecule has 13 heteroatoms. The van der Waals surface area contributed by atoms with Gasteiger partial charge in [0.25, 0.3) is 0 Å². The summed E-state index contributed by atoms with van der Waals surface area (Å²) in [6.07, 6.45) is 4.39. The maximum Gasteiger partial charge on any atom is 0.341 e. The summed E-state index contributed by atoms with van der Waals surface area (Å²) in [6.45, 7) is 2.72. The first-order chi connectivity index (χ1) is 21.0. The number of benzene rings is 2. The number of carbonyl (C=O) groups excluding carboxylic acids is 2. The predicted octanol–water partition coefficient (Wildman–Crippen LogP) is 3.60. The van der Waals surface area contributed by atoms with Crippen molar-refractivity contribution in [3.8, 4) is 11.5 Å². The first-order valence-electron chi connectivity index (χ1n) is 14.5. The van der Waals surface area contributed by atoms with Crippen molar-refractivity contribution in [1.82, 2.24) is 9.47 Å². The lowest BCUT2D eigenvalue weighted by Crippen LogP contribution is -2.49. The van der Waals surface area contributed by atoms with Gasteiger partial charge in [0.05, 0.1) is 31.2 Å². The van der Waals surface area contributed by atoms with Crippen LogP contribution in [0, 0.1) is 5.82 Å². The Morgan fingerprint density at radius 2 is 1.91 bits per heavy atom. The summed E-state index contributed by atoms with van der Waals surface area (Å²) in [7, 11) is 3.20. The Morgan fingerprint density at radius 1 is 1.16 bits per heavy atom. The van der Waals surface area contributed by atoms with Crippen molar-refractivity contribution in [1.29, 1.82) is 0 Å². The van der Waals surface area contributed by atoms with Crippen LogP contribution in [-0.4, -0.2) is 84.0 Å². The number of methoxy groups -OCH3 is 1. The highest BCUT2D eigenvalue weighted by Crippen LogP contribution is 2.44.